The van der Waals surface area contributed by atoms with E-state index in [1.165, 1.54) is 12.2 Å². The largest absolute Gasteiger partial charge is 0.463 e. The smallest absolute Gasteiger partial charge is 0.339 e. The minimum Gasteiger partial charge on any atom is -0.339 e. The van der Waals surface area contributed by atoms with E-state index in [1.54, 1.807) is 30.3 Å². The van der Waals surface area contributed by atoms with Crippen molar-refractivity contribution in [3.63, 3.8) is 0 Å². The van der Waals surface area contributed by atoms with Crippen molar-refractivity contribution in [2.75, 3.05) is 25.5 Å². The highest BCUT2D eigenvalue weighted by Gasteiger charge is 2.63. The van der Waals surface area contributed by atoms with Gasteiger partial charge in [-0.25, -0.2) is 0 Å². The minimum atomic E-state index is -6.15. The molecule has 1 aliphatic rings. The summed E-state index contributed by atoms with van der Waals surface area (Å²) in [6.45, 7) is 0.488. The van der Waals surface area contributed by atoms with Crippen molar-refractivity contribution < 1.29 is 41.1 Å². The summed E-state index contributed by atoms with van der Waals surface area (Å²) >= 11 is 0. The van der Waals surface area contributed by atoms with Crippen LogP contribution in [0, 0.1) is 17.2 Å². The minimum absolute atomic E-state index is 0.0404. The number of nitrogens with zero attached hydrogens (tertiary/aromatic N) is 3. The summed E-state index contributed by atoms with van der Waals surface area (Å²) in [6.07, 6.45) is -6.44. The number of nitriles is 1. The first-order chi connectivity index (χ1) is 16.7. The Hall–Kier alpha value is -3.76. The molecule has 0 spiro atoms. The van der Waals surface area contributed by atoms with Gasteiger partial charge in [0, 0.05) is 19.3 Å². The molecule has 1 fully saturated rings. The van der Waals surface area contributed by atoms with Crippen LogP contribution >= 0.6 is 0 Å². The second-order valence-corrected chi connectivity index (χ2v) is 8.18. The molecule has 3 atom stereocenters. The van der Waals surface area contributed by atoms with Gasteiger partial charge in [-0.2, -0.15) is 27.2 Å². The predicted octanol–water partition coefficient (Wildman–Crippen LogP) is 1.92. The van der Waals surface area contributed by atoms with Crippen LogP contribution in [0.25, 0.3) is 0 Å². The zero-order valence-corrected chi connectivity index (χ0v) is 19.3. The molecule has 0 radical (unpaired) electrons. The highest BCUT2D eigenvalue weighted by atomic mass is 19.4. The molecular formula is C22H24F5N5O4. The Morgan fingerprint density at radius 2 is 1.78 bits per heavy atom. The third-order valence-electron chi connectivity index (χ3n) is 5.58. The number of rotatable bonds is 8. The summed E-state index contributed by atoms with van der Waals surface area (Å²) in [5, 5.41) is 13.5. The van der Waals surface area contributed by atoms with E-state index in [1.807, 2.05) is 6.07 Å². The van der Waals surface area contributed by atoms with Crippen molar-refractivity contribution >= 4 is 29.3 Å². The van der Waals surface area contributed by atoms with Gasteiger partial charge in [0.25, 0.3) is 0 Å². The number of alkyl halides is 5. The number of benzene rings is 1. The van der Waals surface area contributed by atoms with Crippen molar-refractivity contribution in [3.05, 3.63) is 30.3 Å². The highest BCUT2D eigenvalue weighted by Crippen LogP contribution is 2.35. The van der Waals surface area contributed by atoms with E-state index in [2.05, 4.69) is 5.32 Å². The molecule has 36 heavy (non-hydrogen) atoms. The van der Waals surface area contributed by atoms with Crippen LogP contribution in [0.3, 0.4) is 0 Å². The van der Waals surface area contributed by atoms with E-state index < -0.39 is 60.3 Å². The van der Waals surface area contributed by atoms with E-state index in [-0.39, 0.29) is 19.4 Å². The molecule has 1 saturated heterocycles. The van der Waals surface area contributed by atoms with Crippen molar-refractivity contribution in [1.82, 2.24) is 15.1 Å². The van der Waals surface area contributed by atoms with Gasteiger partial charge in [-0.05, 0) is 25.0 Å². The molecule has 3 unspecified atom stereocenters. The lowest BCUT2D eigenvalue weighted by atomic mass is 10.1. The lowest BCUT2D eigenvalue weighted by Gasteiger charge is -2.27. The third kappa shape index (κ3) is 6.46. The second-order valence-electron chi connectivity index (χ2n) is 8.18. The van der Waals surface area contributed by atoms with Gasteiger partial charge in [0.05, 0.1) is 18.5 Å². The van der Waals surface area contributed by atoms with Gasteiger partial charge >= 0.3 is 18.0 Å². The van der Waals surface area contributed by atoms with Crippen molar-refractivity contribution in [3.8, 4) is 6.07 Å². The quantitative estimate of drug-likeness (QED) is 0.511. The highest BCUT2D eigenvalue weighted by molar-refractivity contribution is 5.95. The van der Waals surface area contributed by atoms with Crippen LogP contribution in [0.2, 0.25) is 0 Å². The first-order valence-electron chi connectivity index (χ1n) is 10.8. The van der Waals surface area contributed by atoms with E-state index in [4.69, 9.17) is 0 Å². The Bertz CT molecular complexity index is 1030. The molecule has 0 bridgehead atoms. The molecule has 1 aromatic carbocycles. The molecule has 0 saturated carbocycles. The lowest BCUT2D eigenvalue weighted by Crippen LogP contribution is -2.57. The maximum atomic E-state index is 13.2. The zero-order valence-electron chi connectivity index (χ0n) is 19.3. The number of para-hydroxylation sites is 1. The van der Waals surface area contributed by atoms with Gasteiger partial charge < -0.3 is 20.4 Å². The lowest BCUT2D eigenvalue weighted by molar-refractivity contribution is -0.270. The van der Waals surface area contributed by atoms with Crippen LogP contribution < -0.4 is 10.6 Å². The number of amides is 4. The Kier molecular flexibility index (Phi) is 8.95. The number of hydrogen-bond acceptors (Lipinski definition) is 5. The maximum Gasteiger partial charge on any atom is 0.463 e. The van der Waals surface area contributed by atoms with Crippen LogP contribution in [-0.2, 0) is 19.2 Å². The molecule has 0 aromatic heterocycles. The number of halogens is 5. The molecule has 9 nitrogen and oxygen atoms in total. The second kappa shape index (κ2) is 11.3. The molecule has 14 heteroatoms. The zero-order chi connectivity index (χ0) is 27.3. The molecule has 1 aromatic rings. The van der Waals surface area contributed by atoms with E-state index in [0.29, 0.717) is 5.69 Å². The topological polar surface area (TPSA) is 123 Å². The van der Waals surface area contributed by atoms with E-state index in [9.17, 15) is 46.4 Å². The number of carbonyl (C=O) groups excluding carboxylic acids is 4. The molecular weight excluding hydrogens is 493 g/mol. The fourth-order valence-corrected chi connectivity index (χ4v) is 3.54. The Morgan fingerprint density at radius 1 is 1.17 bits per heavy atom. The van der Waals surface area contributed by atoms with Crippen molar-refractivity contribution in [1.29, 1.82) is 5.26 Å². The Labute approximate surface area is 203 Å². The summed E-state index contributed by atoms with van der Waals surface area (Å²) in [5.74, 6) is -11.4. The molecule has 4 amide bonds. The number of hydrogen-bond donors (Lipinski definition) is 2. The molecule has 1 heterocycles. The maximum absolute atomic E-state index is 13.2. The number of nitrogens with one attached hydrogen (secondary N) is 2. The number of likely N-dealkylation sites (N-methyl/N-ethyl adjacent to an activating group) is 1. The summed E-state index contributed by atoms with van der Waals surface area (Å²) in [4.78, 5) is 51.2. The average molecular weight is 517 g/mol. The summed E-state index contributed by atoms with van der Waals surface area (Å²) in [7, 11) is 1.09. The predicted molar refractivity (Wildman–Crippen MR) is 115 cm³/mol. The number of likely N-dealkylation sites (tertiary alicyclic amines) is 1. The fraction of sp³-hybridized carbons (Fsp3) is 0.500. The van der Waals surface area contributed by atoms with Gasteiger partial charge in [0.1, 0.15) is 12.1 Å². The van der Waals surface area contributed by atoms with Crippen LogP contribution in [0.1, 0.15) is 19.8 Å². The standard InChI is InChI=1S/C22H24F5N5O4/c1-3-16(30-20(36)21(23,24)22(25,26)27)19(35)31(2)12-17(33)32-11-13(9-15(32)10-28)18(34)29-14-7-5-4-6-8-14/h4-8,13,15-16H,3,9,11-12H2,1-2H3,(H,29,34)(H,30,36). The van der Waals surface area contributed by atoms with Crippen LogP contribution in [0.15, 0.2) is 30.3 Å². The number of anilines is 1. The molecule has 0 aliphatic carbocycles. The monoisotopic (exact) mass is 517 g/mol. The fourth-order valence-electron chi connectivity index (χ4n) is 3.54. The molecule has 196 valence electrons. The Balaban J connectivity index is 2.02. The van der Waals surface area contributed by atoms with Crippen LogP contribution in [-0.4, -0.2) is 77.7 Å². The molecule has 1 aliphatic heterocycles. The average Bonchev–Trinajstić information content (AvgIpc) is 3.26. The van der Waals surface area contributed by atoms with Crippen molar-refractivity contribution in [2.45, 2.75) is 43.9 Å². The first-order valence-corrected chi connectivity index (χ1v) is 10.8. The van der Waals surface area contributed by atoms with Crippen molar-refractivity contribution in [2.24, 2.45) is 5.92 Å². The van der Waals surface area contributed by atoms with Gasteiger partial charge in [0.15, 0.2) is 0 Å². The molecule has 2 rings (SSSR count). The summed E-state index contributed by atoms with van der Waals surface area (Å²) in [6, 6.07) is 7.68. The number of carbonyl (C=O) groups is 4. The van der Waals surface area contributed by atoms with E-state index >= 15 is 0 Å². The summed E-state index contributed by atoms with van der Waals surface area (Å²) in [5.41, 5.74) is 0.523. The van der Waals surface area contributed by atoms with Gasteiger partial charge in [0.2, 0.25) is 17.7 Å². The molecule has 2 N–H and O–H groups in total. The van der Waals surface area contributed by atoms with E-state index in [0.717, 1.165) is 16.8 Å². The normalized spacial score (nSPS) is 18.7. The summed E-state index contributed by atoms with van der Waals surface area (Å²) < 4.78 is 63.7. The third-order valence-corrected chi connectivity index (χ3v) is 5.58. The Morgan fingerprint density at radius 3 is 2.31 bits per heavy atom. The SMILES string of the molecule is CCC(NC(=O)C(F)(F)C(F)(F)F)C(=O)N(C)CC(=O)N1CC(C(=O)Nc2ccccc2)CC1C#N. The van der Waals surface area contributed by atoms with Gasteiger partial charge in [-0.3, -0.25) is 19.2 Å². The first kappa shape index (κ1) is 28.5. The van der Waals surface area contributed by atoms with Gasteiger partial charge in [-0.1, -0.05) is 25.1 Å². The van der Waals surface area contributed by atoms with Crippen LogP contribution in [0.4, 0.5) is 27.6 Å². The van der Waals surface area contributed by atoms with Gasteiger partial charge in [-0.15, -0.1) is 0 Å². The van der Waals surface area contributed by atoms with Crippen LogP contribution in [0.5, 0.6) is 0 Å².